The Bertz CT molecular complexity index is 490. The molecular formula is C10H9FN4Na. The van der Waals surface area contributed by atoms with E-state index in [0.717, 1.165) is 0 Å². The Hall–Kier alpha value is -1.17. The maximum atomic E-state index is 13.6. The van der Waals surface area contributed by atoms with E-state index in [-0.39, 0.29) is 47.0 Å². The number of halogens is 1. The Morgan fingerprint density at radius 1 is 1.00 bits per heavy atom. The van der Waals surface area contributed by atoms with E-state index in [0.29, 0.717) is 5.56 Å². The minimum atomic E-state index is -0.643. The molecule has 1 heterocycles. The fourth-order valence-corrected chi connectivity index (χ4v) is 1.27. The molecule has 0 amide bonds. The van der Waals surface area contributed by atoms with E-state index in [9.17, 15) is 4.39 Å². The second kappa shape index (κ2) is 5.25. The molecule has 0 aliphatic rings. The first-order chi connectivity index (χ1) is 7.18. The molecule has 0 unspecified atom stereocenters. The van der Waals surface area contributed by atoms with Gasteiger partial charge in [-0.2, -0.15) is 4.98 Å². The molecule has 0 atom stereocenters. The van der Waals surface area contributed by atoms with Crippen LogP contribution in [0.4, 0.5) is 16.2 Å². The third kappa shape index (κ3) is 2.49. The van der Waals surface area contributed by atoms with Gasteiger partial charge in [0.25, 0.3) is 0 Å². The molecule has 0 spiro atoms. The van der Waals surface area contributed by atoms with E-state index in [2.05, 4.69) is 9.97 Å². The van der Waals surface area contributed by atoms with E-state index in [4.69, 9.17) is 11.5 Å². The van der Waals surface area contributed by atoms with E-state index < -0.39 is 5.82 Å². The predicted molar refractivity (Wildman–Crippen MR) is 62.0 cm³/mol. The zero-order chi connectivity index (χ0) is 10.8. The van der Waals surface area contributed by atoms with Gasteiger partial charge < -0.3 is 11.5 Å². The number of aromatic nitrogens is 2. The molecule has 0 aliphatic carbocycles. The number of rotatable bonds is 1. The largest absolute Gasteiger partial charge is 0.381 e. The van der Waals surface area contributed by atoms with Gasteiger partial charge in [0, 0.05) is 35.1 Å². The fourth-order valence-electron chi connectivity index (χ4n) is 1.27. The molecule has 1 aromatic heterocycles. The molecule has 0 fully saturated rings. The first kappa shape index (κ1) is 12.9. The van der Waals surface area contributed by atoms with Crippen LogP contribution in [0.25, 0.3) is 11.3 Å². The second-order valence-electron chi connectivity index (χ2n) is 3.00. The fraction of sp³-hybridized carbons (Fsp3) is 0. The molecule has 2 aromatic rings. The first-order valence-corrected chi connectivity index (χ1v) is 4.32. The normalized spacial score (nSPS) is 9.56. The van der Waals surface area contributed by atoms with Crippen molar-refractivity contribution in [2.75, 3.05) is 11.5 Å². The number of nitrogens with zero attached hydrogens (tertiary/aromatic N) is 2. The van der Waals surface area contributed by atoms with Crippen LogP contribution in [0, 0.1) is 5.82 Å². The summed E-state index contributed by atoms with van der Waals surface area (Å²) in [5.41, 5.74) is 11.5. The number of hydrogen-bond acceptors (Lipinski definition) is 4. The molecule has 4 nitrogen and oxygen atoms in total. The third-order valence-electron chi connectivity index (χ3n) is 1.94. The number of benzene rings is 1. The van der Waals surface area contributed by atoms with Crippen LogP contribution >= 0.6 is 0 Å². The van der Waals surface area contributed by atoms with Gasteiger partial charge in [0.15, 0.2) is 11.6 Å². The van der Waals surface area contributed by atoms with Gasteiger partial charge in [0.2, 0.25) is 5.95 Å². The Morgan fingerprint density at radius 3 is 2.25 bits per heavy atom. The number of nitrogens with two attached hydrogens (primary N) is 2. The molecule has 0 bridgehead atoms. The molecule has 4 N–H and O–H groups in total. The van der Waals surface area contributed by atoms with Crippen molar-refractivity contribution in [3.8, 4) is 11.3 Å². The quantitative estimate of drug-likeness (QED) is 0.714. The standard InChI is InChI=1S/C10H9FN4.Na/c11-7-8(6-4-2-1-3-5-6)14-10(13)15-9(7)12;/h1-5H,(H4,12,13,14,15);. The van der Waals surface area contributed by atoms with Gasteiger partial charge in [-0.3, -0.25) is 0 Å². The molecule has 0 saturated heterocycles. The molecule has 6 heteroatoms. The Morgan fingerprint density at radius 2 is 1.62 bits per heavy atom. The van der Waals surface area contributed by atoms with Crippen LogP contribution in [0.5, 0.6) is 0 Å². The summed E-state index contributed by atoms with van der Waals surface area (Å²) in [5.74, 6) is -0.912. The van der Waals surface area contributed by atoms with Crippen molar-refractivity contribution in [1.82, 2.24) is 9.97 Å². The van der Waals surface area contributed by atoms with Crippen molar-refractivity contribution < 1.29 is 4.39 Å². The van der Waals surface area contributed by atoms with Gasteiger partial charge in [-0.05, 0) is 0 Å². The van der Waals surface area contributed by atoms with Gasteiger partial charge in [-0.1, -0.05) is 30.3 Å². The van der Waals surface area contributed by atoms with Crippen molar-refractivity contribution in [2.45, 2.75) is 0 Å². The summed E-state index contributed by atoms with van der Waals surface area (Å²) in [7, 11) is 0. The van der Waals surface area contributed by atoms with E-state index in [1.54, 1.807) is 24.3 Å². The minimum Gasteiger partial charge on any atom is -0.381 e. The van der Waals surface area contributed by atoms with E-state index >= 15 is 0 Å². The summed E-state index contributed by atoms with van der Waals surface area (Å²) < 4.78 is 13.6. The average Bonchev–Trinajstić information content (AvgIpc) is 2.24. The van der Waals surface area contributed by atoms with Crippen LogP contribution in [-0.2, 0) is 0 Å². The zero-order valence-electron chi connectivity index (χ0n) is 8.81. The predicted octanol–water partition coefficient (Wildman–Crippen LogP) is 1.07. The van der Waals surface area contributed by atoms with Gasteiger partial charge in [0.05, 0.1) is 0 Å². The van der Waals surface area contributed by atoms with Crippen LogP contribution in [0.2, 0.25) is 0 Å². The van der Waals surface area contributed by atoms with Crippen molar-refractivity contribution in [3.05, 3.63) is 36.1 Å². The average molecular weight is 227 g/mol. The van der Waals surface area contributed by atoms with E-state index in [1.165, 1.54) is 0 Å². The first-order valence-electron chi connectivity index (χ1n) is 4.32. The zero-order valence-corrected chi connectivity index (χ0v) is 10.8. The molecular weight excluding hydrogens is 218 g/mol. The number of nitrogen functional groups attached to an aromatic ring is 2. The molecule has 1 radical (unpaired) electrons. The molecule has 0 saturated carbocycles. The van der Waals surface area contributed by atoms with Gasteiger partial charge in [-0.15, -0.1) is 0 Å². The van der Waals surface area contributed by atoms with Gasteiger partial charge >= 0.3 is 0 Å². The summed E-state index contributed by atoms with van der Waals surface area (Å²) in [4.78, 5) is 7.34. The van der Waals surface area contributed by atoms with Gasteiger partial charge in [0.1, 0.15) is 5.69 Å². The van der Waals surface area contributed by atoms with Crippen LogP contribution < -0.4 is 11.5 Å². The van der Waals surface area contributed by atoms with Crippen LogP contribution in [0.1, 0.15) is 0 Å². The molecule has 2 rings (SSSR count). The molecule has 77 valence electrons. The summed E-state index contributed by atoms with van der Waals surface area (Å²) in [6, 6.07) is 8.84. The van der Waals surface area contributed by atoms with E-state index in [1.807, 2.05) is 6.07 Å². The number of anilines is 2. The third-order valence-corrected chi connectivity index (χ3v) is 1.94. The summed E-state index contributed by atoms with van der Waals surface area (Å²) in [5, 5.41) is 0. The Kier molecular flexibility index (Phi) is 4.23. The van der Waals surface area contributed by atoms with Crippen LogP contribution in [0.3, 0.4) is 0 Å². The summed E-state index contributed by atoms with van der Waals surface area (Å²) >= 11 is 0. The molecule has 0 aliphatic heterocycles. The summed E-state index contributed by atoms with van der Waals surface area (Å²) in [6.45, 7) is 0. The molecule has 16 heavy (non-hydrogen) atoms. The van der Waals surface area contributed by atoms with Crippen LogP contribution in [-0.4, -0.2) is 39.5 Å². The summed E-state index contributed by atoms with van der Waals surface area (Å²) in [6.07, 6.45) is 0. The number of hydrogen-bond donors (Lipinski definition) is 2. The van der Waals surface area contributed by atoms with Crippen molar-refractivity contribution in [2.24, 2.45) is 0 Å². The maximum absolute atomic E-state index is 13.6. The Balaban J connectivity index is 0.00000128. The Labute approximate surface area is 114 Å². The molecule has 1 aromatic carbocycles. The van der Waals surface area contributed by atoms with Gasteiger partial charge in [-0.25, -0.2) is 9.37 Å². The minimum absolute atomic E-state index is 0. The van der Waals surface area contributed by atoms with Crippen molar-refractivity contribution >= 4 is 41.3 Å². The topological polar surface area (TPSA) is 77.8 Å². The smallest absolute Gasteiger partial charge is 0.222 e. The van der Waals surface area contributed by atoms with Crippen LogP contribution in [0.15, 0.2) is 30.3 Å². The maximum Gasteiger partial charge on any atom is 0.222 e. The second-order valence-corrected chi connectivity index (χ2v) is 3.00. The van der Waals surface area contributed by atoms with Crippen molar-refractivity contribution in [1.29, 1.82) is 0 Å². The van der Waals surface area contributed by atoms with Crippen molar-refractivity contribution in [3.63, 3.8) is 0 Å². The SMILES string of the molecule is Nc1nc(N)c(F)c(-c2ccccc2)n1.[Na]. The monoisotopic (exact) mass is 227 g/mol.